The van der Waals surface area contributed by atoms with E-state index in [1.807, 2.05) is 5.38 Å². The third-order valence-corrected chi connectivity index (χ3v) is 4.16. The fraction of sp³-hybridized carbons (Fsp3) is 0.615. The van der Waals surface area contributed by atoms with Crippen LogP contribution < -0.4 is 5.32 Å². The molecule has 104 valence electrons. The van der Waals surface area contributed by atoms with Crippen molar-refractivity contribution in [3.8, 4) is 0 Å². The zero-order valence-corrected chi connectivity index (χ0v) is 12.1. The van der Waals surface area contributed by atoms with E-state index in [0.29, 0.717) is 19.4 Å². The molecular weight excluding hydrogens is 264 g/mol. The van der Waals surface area contributed by atoms with Crippen LogP contribution in [0.1, 0.15) is 44.3 Å². The van der Waals surface area contributed by atoms with Crippen molar-refractivity contribution in [2.24, 2.45) is 5.41 Å². The second-order valence-electron chi connectivity index (χ2n) is 5.95. The Labute approximate surface area is 116 Å². The fourth-order valence-corrected chi connectivity index (χ4v) is 2.69. The van der Waals surface area contributed by atoms with Crippen molar-refractivity contribution in [3.63, 3.8) is 0 Å². The van der Waals surface area contributed by atoms with Crippen LogP contribution >= 0.6 is 11.3 Å². The molecule has 1 aromatic rings. The summed E-state index contributed by atoms with van der Waals surface area (Å²) in [6.07, 6.45) is 0.860. The van der Waals surface area contributed by atoms with Crippen LogP contribution in [0, 0.1) is 5.41 Å². The van der Waals surface area contributed by atoms with E-state index < -0.39 is 17.3 Å². The summed E-state index contributed by atoms with van der Waals surface area (Å²) in [7, 11) is 0. The number of nitrogens with zero attached hydrogens (tertiary/aromatic N) is 1. The number of aromatic nitrogens is 1. The second kappa shape index (κ2) is 4.59. The number of rotatable bonds is 4. The smallest absolute Gasteiger partial charge is 0.319 e. The van der Waals surface area contributed by atoms with Crippen molar-refractivity contribution < 1.29 is 14.7 Å². The summed E-state index contributed by atoms with van der Waals surface area (Å²) in [6.45, 7) is 6.53. The van der Waals surface area contributed by atoms with Crippen LogP contribution in [0.4, 0.5) is 0 Å². The monoisotopic (exact) mass is 282 g/mol. The second-order valence-corrected chi connectivity index (χ2v) is 6.89. The molecule has 0 aliphatic heterocycles. The molecule has 1 aromatic heterocycles. The van der Waals surface area contributed by atoms with Crippen molar-refractivity contribution in [1.82, 2.24) is 10.3 Å². The van der Waals surface area contributed by atoms with Crippen molar-refractivity contribution in [3.05, 3.63) is 16.1 Å². The highest BCUT2D eigenvalue weighted by Crippen LogP contribution is 2.46. The van der Waals surface area contributed by atoms with Crippen LogP contribution in [0.15, 0.2) is 5.38 Å². The number of nitrogens with one attached hydrogen (secondary N) is 1. The van der Waals surface area contributed by atoms with Crippen LogP contribution in [-0.2, 0) is 21.5 Å². The molecule has 1 saturated carbocycles. The summed E-state index contributed by atoms with van der Waals surface area (Å²) in [5, 5.41) is 14.5. The fourth-order valence-electron chi connectivity index (χ4n) is 1.72. The average molecular weight is 282 g/mol. The summed E-state index contributed by atoms with van der Waals surface area (Å²) < 4.78 is 0. The number of carboxylic acid groups (broad SMARTS) is 1. The van der Waals surface area contributed by atoms with Crippen molar-refractivity contribution >= 4 is 23.2 Å². The first-order chi connectivity index (χ1) is 8.75. The lowest BCUT2D eigenvalue weighted by Crippen LogP contribution is -2.36. The van der Waals surface area contributed by atoms with Gasteiger partial charge >= 0.3 is 5.97 Å². The number of hydrogen-bond donors (Lipinski definition) is 2. The molecule has 19 heavy (non-hydrogen) atoms. The van der Waals surface area contributed by atoms with Gasteiger partial charge in [-0.2, -0.15) is 0 Å². The maximum Gasteiger partial charge on any atom is 0.319 e. The number of carboxylic acids is 1. The highest BCUT2D eigenvalue weighted by molar-refractivity contribution is 7.09. The van der Waals surface area contributed by atoms with Gasteiger partial charge in [0.1, 0.15) is 10.4 Å². The molecule has 2 N–H and O–H groups in total. The van der Waals surface area contributed by atoms with E-state index in [9.17, 15) is 9.59 Å². The number of hydrogen-bond acceptors (Lipinski definition) is 4. The zero-order chi connectivity index (χ0) is 14.3. The highest BCUT2D eigenvalue weighted by atomic mass is 32.1. The molecule has 5 nitrogen and oxygen atoms in total. The van der Waals surface area contributed by atoms with Gasteiger partial charge in [0.15, 0.2) is 0 Å². The normalized spacial score (nSPS) is 17.0. The van der Waals surface area contributed by atoms with E-state index >= 15 is 0 Å². The van der Waals surface area contributed by atoms with Gasteiger partial charge < -0.3 is 10.4 Å². The van der Waals surface area contributed by atoms with E-state index in [2.05, 4.69) is 31.1 Å². The third kappa shape index (κ3) is 2.78. The SMILES string of the molecule is CC(C)(C)c1csc(CNC(=O)C2(C(=O)O)CC2)n1. The molecule has 1 amide bonds. The van der Waals surface area contributed by atoms with E-state index in [4.69, 9.17) is 5.11 Å². The number of carbonyl (C=O) groups excluding carboxylic acids is 1. The van der Waals surface area contributed by atoms with Gasteiger partial charge in [0.2, 0.25) is 5.91 Å². The van der Waals surface area contributed by atoms with E-state index in [0.717, 1.165) is 10.7 Å². The standard InChI is InChI=1S/C13H18N2O3S/c1-12(2,3)8-7-19-9(15-8)6-14-10(16)13(4-5-13)11(17)18/h7H,4-6H2,1-3H3,(H,14,16)(H,17,18). The van der Waals surface area contributed by atoms with Gasteiger partial charge in [0.25, 0.3) is 0 Å². The van der Waals surface area contributed by atoms with Gasteiger partial charge in [-0.05, 0) is 12.8 Å². The third-order valence-electron chi connectivity index (χ3n) is 3.31. The molecule has 0 atom stereocenters. The lowest BCUT2D eigenvalue weighted by molar-refractivity contribution is -0.149. The minimum absolute atomic E-state index is 0.0163. The van der Waals surface area contributed by atoms with Crippen LogP contribution in [-0.4, -0.2) is 22.0 Å². The largest absolute Gasteiger partial charge is 0.480 e. The Balaban J connectivity index is 1.95. The Hall–Kier alpha value is -1.43. The first kappa shape index (κ1) is 14.0. The lowest BCUT2D eigenvalue weighted by atomic mass is 9.93. The first-order valence-corrected chi connectivity index (χ1v) is 7.10. The molecule has 0 saturated heterocycles. The topological polar surface area (TPSA) is 79.3 Å². The Bertz CT molecular complexity index is 512. The van der Waals surface area contributed by atoms with E-state index in [1.54, 1.807) is 0 Å². The lowest BCUT2D eigenvalue weighted by Gasteiger charge is -2.14. The van der Waals surface area contributed by atoms with Gasteiger partial charge in [-0.1, -0.05) is 20.8 Å². The predicted octanol–water partition coefficient (Wildman–Crippen LogP) is 1.92. The quantitative estimate of drug-likeness (QED) is 0.827. The molecule has 0 spiro atoms. The Morgan fingerprint density at radius 1 is 1.47 bits per heavy atom. The minimum Gasteiger partial charge on any atom is -0.480 e. The minimum atomic E-state index is -1.18. The molecule has 2 rings (SSSR count). The van der Waals surface area contributed by atoms with Crippen molar-refractivity contribution in [2.45, 2.75) is 45.6 Å². The van der Waals surface area contributed by atoms with Crippen LogP contribution in [0.2, 0.25) is 0 Å². The summed E-state index contributed by atoms with van der Waals surface area (Å²) in [4.78, 5) is 27.3. The molecular formula is C13H18N2O3S. The van der Waals surface area contributed by atoms with Gasteiger partial charge in [-0.15, -0.1) is 11.3 Å². The summed E-state index contributed by atoms with van der Waals surface area (Å²) >= 11 is 1.48. The summed E-state index contributed by atoms with van der Waals surface area (Å²) in [5.74, 6) is -1.42. The van der Waals surface area contributed by atoms with E-state index in [1.165, 1.54) is 11.3 Å². The Morgan fingerprint density at radius 3 is 2.53 bits per heavy atom. The van der Waals surface area contributed by atoms with Crippen LogP contribution in [0.5, 0.6) is 0 Å². The summed E-state index contributed by atoms with van der Waals surface area (Å²) in [6, 6.07) is 0. The molecule has 0 unspecified atom stereocenters. The van der Waals surface area contributed by atoms with Gasteiger partial charge in [0.05, 0.1) is 12.2 Å². The summed E-state index contributed by atoms with van der Waals surface area (Å²) in [5.41, 5.74) is -0.206. The maximum absolute atomic E-state index is 11.8. The number of amides is 1. The zero-order valence-electron chi connectivity index (χ0n) is 11.3. The van der Waals surface area contributed by atoms with Crippen molar-refractivity contribution in [2.75, 3.05) is 0 Å². The highest BCUT2D eigenvalue weighted by Gasteiger charge is 2.56. The van der Waals surface area contributed by atoms with Crippen molar-refractivity contribution in [1.29, 1.82) is 0 Å². The van der Waals surface area contributed by atoms with Crippen LogP contribution in [0.25, 0.3) is 0 Å². The molecule has 1 heterocycles. The molecule has 6 heteroatoms. The average Bonchev–Trinajstić information content (AvgIpc) is 2.97. The van der Waals surface area contributed by atoms with Gasteiger partial charge in [0, 0.05) is 10.8 Å². The Morgan fingerprint density at radius 2 is 2.11 bits per heavy atom. The molecule has 1 aliphatic carbocycles. The molecule has 0 bridgehead atoms. The molecule has 0 aromatic carbocycles. The van der Waals surface area contributed by atoms with E-state index in [-0.39, 0.29) is 5.41 Å². The first-order valence-electron chi connectivity index (χ1n) is 6.22. The number of aliphatic carboxylic acids is 1. The maximum atomic E-state index is 11.8. The number of thiazole rings is 1. The predicted molar refractivity (Wildman–Crippen MR) is 72.0 cm³/mol. The molecule has 1 fully saturated rings. The van der Waals surface area contributed by atoms with Gasteiger partial charge in [-0.25, -0.2) is 4.98 Å². The molecule has 1 aliphatic rings. The van der Waals surface area contributed by atoms with Gasteiger partial charge in [-0.3, -0.25) is 9.59 Å². The number of carbonyl (C=O) groups is 2. The Kier molecular flexibility index (Phi) is 3.38. The molecule has 0 radical (unpaired) electrons. The van der Waals surface area contributed by atoms with Crippen LogP contribution in [0.3, 0.4) is 0 Å².